The van der Waals surface area contributed by atoms with Gasteiger partial charge in [0.2, 0.25) is 0 Å². The van der Waals surface area contributed by atoms with Crippen LogP contribution in [0.5, 0.6) is 0 Å². The number of thiazole rings is 1. The van der Waals surface area contributed by atoms with Gasteiger partial charge in [0.25, 0.3) is 0 Å². The van der Waals surface area contributed by atoms with Crippen LogP contribution < -0.4 is 5.73 Å². The summed E-state index contributed by atoms with van der Waals surface area (Å²) in [4.78, 5) is 4.22. The van der Waals surface area contributed by atoms with Crippen LogP contribution in [0.4, 0.5) is 5.69 Å². The molecule has 1 aromatic carbocycles. The van der Waals surface area contributed by atoms with Gasteiger partial charge in [-0.1, -0.05) is 17.7 Å². The minimum Gasteiger partial charge on any atom is -0.396 e. The minimum absolute atomic E-state index is 0.603. The van der Waals surface area contributed by atoms with Crippen molar-refractivity contribution in [1.82, 2.24) is 14.8 Å². The second kappa shape index (κ2) is 4.68. The summed E-state index contributed by atoms with van der Waals surface area (Å²) < 4.78 is 1.72. The maximum Gasteiger partial charge on any atom is 0.145 e. The molecule has 0 bridgehead atoms. The lowest BCUT2D eigenvalue weighted by atomic mass is 10.2. The fraction of sp³-hybridized carbons (Fsp3) is 0.0769. The van der Waals surface area contributed by atoms with Crippen molar-refractivity contribution in [3.8, 4) is 16.4 Å². The first-order valence-corrected chi connectivity index (χ1v) is 6.92. The average Bonchev–Trinajstić information content (AvgIpc) is 3.01. The van der Waals surface area contributed by atoms with E-state index in [9.17, 15) is 0 Å². The number of aromatic nitrogens is 3. The van der Waals surface area contributed by atoms with Gasteiger partial charge in [0.1, 0.15) is 10.7 Å². The van der Waals surface area contributed by atoms with Crippen molar-refractivity contribution < 1.29 is 0 Å². The van der Waals surface area contributed by atoms with Crippen molar-refractivity contribution in [3.05, 3.63) is 46.6 Å². The van der Waals surface area contributed by atoms with Crippen molar-refractivity contribution in [3.63, 3.8) is 0 Å². The fourth-order valence-electron chi connectivity index (χ4n) is 1.75. The summed E-state index contributed by atoms with van der Waals surface area (Å²) in [6.45, 7) is 1.96. The lowest BCUT2D eigenvalue weighted by Gasteiger charge is -2.03. The Labute approximate surface area is 119 Å². The third-order valence-corrected chi connectivity index (χ3v) is 3.98. The van der Waals surface area contributed by atoms with Crippen LogP contribution in [0.25, 0.3) is 16.4 Å². The number of nitrogen functional groups attached to an aromatic ring is 1. The van der Waals surface area contributed by atoms with Crippen LogP contribution in [-0.2, 0) is 0 Å². The number of rotatable bonds is 2. The van der Waals surface area contributed by atoms with E-state index in [4.69, 9.17) is 17.3 Å². The van der Waals surface area contributed by atoms with Crippen LogP contribution in [0.2, 0.25) is 5.02 Å². The van der Waals surface area contributed by atoms with Crippen LogP contribution in [0.1, 0.15) is 5.56 Å². The first-order valence-electron chi connectivity index (χ1n) is 5.66. The van der Waals surface area contributed by atoms with Crippen molar-refractivity contribution in [2.75, 3.05) is 5.73 Å². The van der Waals surface area contributed by atoms with Gasteiger partial charge in [-0.05, 0) is 24.6 Å². The molecule has 0 amide bonds. The molecule has 3 rings (SSSR count). The Kier molecular flexibility index (Phi) is 3.00. The highest BCUT2D eigenvalue weighted by atomic mass is 35.5. The SMILES string of the molecule is Cc1ccc(-n2cc(N)c(-c3nccs3)n2)cc1Cl. The fourth-order valence-corrected chi connectivity index (χ4v) is 2.57. The quantitative estimate of drug-likeness (QED) is 0.785. The number of anilines is 1. The van der Waals surface area contributed by atoms with Crippen LogP contribution >= 0.6 is 22.9 Å². The largest absolute Gasteiger partial charge is 0.396 e. The van der Waals surface area contributed by atoms with Crippen LogP contribution in [0.3, 0.4) is 0 Å². The predicted octanol–water partition coefficient (Wildman–Crippen LogP) is 3.54. The van der Waals surface area contributed by atoms with E-state index in [1.165, 1.54) is 11.3 Å². The van der Waals surface area contributed by atoms with E-state index in [0.29, 0.717) is 16.4 Å². The van der Waals surface area contributed by atoms with Gasteiger partial charge in [0.05, 0.1) is 17.6 Å². The zero-order valence-corrected chi connectivity index (χ0v) is 11.7. The lowest BCUT2D eigenvalue weighted by Crippen LogP contribution is -1.95. The zero-order valence-electron chi connectivity index (χ0n) is 10.2. The van der Waals surface area contributed by atoms with E-state index in [-0.39, 0.29) is 0 Å². The number of nitrogens with zero attached hydrogens (tertiary/aromatic N) is 3. The van der Waals surface area contributed by atoms with E-state index in [0.717, 1.165) is 16.3 Å². The molecule has 0 saturated carbocycles. The van der Waals surface area contributed by atoms with Crippen LogP contribution in [-0.4, -0.2) is 14.8 Å². The maximum atomic E-state index is 6.13. The maximum absolute atomic E-state index is 6.13. The number of aryl methyl sites for hydroxylation is 1. The van der Waals surface area contributed by atoms with Crippen molar-refractivity contribution in [2.45, 2.75) is 6.92 Å². The second-order valence-corrected chi connectivity index (χ2v) is 5.45. The monoisotopic (exact) mass is 290 g/mol. The molecule has 4 nitrogen and oxygen atoms in total. The number of benzene rings is 1. The molecule has 2 N–H and O–H groups in total. The molecule has 19 heavy (non-hydrogen) atoms. The van der Waals surface area contributed by atoms with E-state index in [2.05, 4.69) is 10.1 Å². The molecule has 0 unspecified atom stereocenters. The summed E-state index contributed by atoms with van der Waals surface area (Å²) in [6.07, 6.45) is 3.51. The first kappa shape index (κ1) is 12.2. The second-order valence-electron chi connectivity index (χ2n) is 4.15. The van der Waals surface area contributed by atoms with Gasteiger partial charge < -0.3 is 5.73 Å². The first-order chi connectivity index (χ1) is 9.15. The standard InChI is InChI=1S/C13H11ClN4S/c1-8-2-3-9(6-10(8)14)18-7-11(15)12(17-18)13-16-4-5-19-13/h2-7H,15H2,1H3. The Bertz CT molecular complexity index is 718. The summed E-state index contributed by atoms with van der Waals surface area (Å²) in [6, 6.07) is 5.78. The van der Waals surface area contributed by atoms with E-state index >= 15 is 0 Å². The molecule has 0 fully saturated rings. The Balaban J connectivity index is 2.07. The van der Waals surface area contributed by atoms with Gasteiger partial charge in [-0.3, -0.25) is 0 Å². The highest BCUT2D eigenvalue weighted by Gasteiger charge is 2.12. The molecular weight excluding hydrogens is 280 g/mol. The summed E-state index contributed by atoms with van der Waals surface area (Å²) >= 11 is 7.64. The molecule has 0 atom stereocenters. The molecule has 0 aliphatic rings. The summed E-state index contributed by atoms with van der Waals surface area (Å²) in [5.41, 5.74) is 9.21. The van der Waals surface area contributed by atoms with Crippen molar-refractivity contribution in [2.24, 2.45) is 0 Å². The average molecular weight is 291 g/mol. The van der Waals surface area contributed by atoms with Crippen LogP contribution in [0, 0.1) is 6.92 Å². The summed E-state index contributed by atoms with van der Waals surface area (Å²) in [5, 5.41) is 7.90. The Hall–Kier alpha value is -1.85. The molecule has 0 aliphatic carbocycles. The number of nitrogens with two attached hydrogens (primary N) is 1. The van der Waals surface area contributed by atoms with E-state index < -0.39 is 0 Å². The minimum atomic E-state index is 0.603. The molecule has 0 aliphatic heterocycles. The summed E-state index contributed by atoms with van der Waals surface area (Å²) in [7, 11) is 0. The topological polar surface area (TPSA) is 56.7 Å². The molecule has 3 aromatic rings. The lowest BCUT2D eigenvalue weighted by molar-refractivity contribution is 0.883. The molecule has 0 saturated heterocycles. The van der Waals surface area contributed by atoms with Gasteiger partial charge in [-0.25, -0.2) is 9.67 Å². The third kappa shape index (κ3) is 2.22. The van der Waals surface area contributed by atoms with Crippen molar-refractivity contribution >= 4 is 28.6 Å². The molecule has 2 heterocycles. The third-order valence-electron chi connectivity index (χ3n) is 2.80. The number of hydrogen-bond donors (Lipinski definition) is 1. The van der Waals surface area contributed by atoms with Crippen LogP contribution in [0.15, 0.2) is 36.0 Å². The van der Waals surface area contributed by atoms with E-state index in [1.54, 1.807) is 17.1 Å². The van der Waals surface area contributed by atoms with Gasteiger partial charge in [-0.15, -0.1) is 11.3 Å². The van der Waals surface area contributed by atoms with Gasteiger partial charge in [0, 0.05) is 16.6 Å². The zero-order chi connectivity index (χ0) is 13.4. The van der Waals surface area contributed by atoms with Gasteiger partial charge in [-0.2, -0.15) is 5.10 Å². The normalized spacial score (nSPS) is 10.8. The number of halogens is 1. The molecule has 96 valence electrons. The highest BCUT2D eigenvalue weighted by molar-refractivity contribution is 7.13. The smallest absolute Gasteiger partial charge is 0.145 e. The van der Waals surface area contributed by atoms with E-state index in [1.807, 2.05) is 30.5 Å². The van der Waals surface area contributed by atoms with Gasteiger partial charge in [0.15, 0.2) is 0 Å². The summed E-state index contributed by atoms with van der Waals surface area (Å²) in [5.74, 6) is 0. The Morgan fingerprint density at radius 1 is 1.37 bits per heavy atom. The highest BCUT2D eigenvalue weighted by Crippen LogP contribution is 2.27. The Morgan fingerprint density at radius 2 is 2.21 bits per heavy atom. The molecule has 2 aromatic heterocycles. The van der Waals surface area contributed by atoms with Gasteiger partial charge >= 0.3 is 0 Å². The molecule has 0 spiro atoms. The molecule has 0 radical (unpaired) electrons. The molecule has 6 heteroatoms. The Morgan fingerprint density at radius 3 is 2.89 bits per heavy atom. The molecular formula is C13H11ClN4S. The van der Waals surface area contributed by atoms with Crippen molar-refractivity contribution in [1.29, 1.82) is 0 Å². The predicted molar refractivity (Wildman–Crippen MR) is 78.8 cm³/mol. The number of hydrogen-bond acceptors (Lipinski definition) is 4.